The maximum atomic E-state index is 14.2. The van der Waals surface area contributed by atoms with Gasteiger partial charge in [-0.3, -0.25) is 4.79 Å². The van der Waals surface area contributed by atoms with Crippen molar-refractivity contribution in [1.82, 2.24) is 4.57 Å². The van der Waals surface area contributed by atoms with Crippen LogP contribution in [0, 0.1) is 5.82 Å². The molecule has 1 aliphatic carbocycles. The van der Waals surface area contributed by atoms with Crippen molar-refractivity contribution in [3.8, 4) is 5.75 Å². The lowest BCUT2D eigenvalue weighted by Crippen LogP contribution is -2.19. The van der Waals surface area contributed by atoms with Gasteiger partial charge in [-0.25, -0.2) is 9.18 Å². The lowest BCUT2D eigenvalue weighted by molar-refractivity contribution is 0.0695. The molecule has 3 rings (SSSR count). The number of halogens is 1. The third-order valence-electron chi connectivity index (χ3n) is 3.44. The quantitative estimate of drug-likeness (QED) is 0.569. The second kappa shape index (κ2) is 3.96. The summed E-state index contributed by atoms with van der Waals surface area (Å²) in [5, 5.41) is 18.4. The Bertz CT molecular complexity index is 808. The zero-order chi connectivity index (χ0) is 14.6. The Morgan fingerprint density at radius 1 is 1.45 bits per heavy atom. The molecule has 2 aromatic rings. The molecule has 0 unspecified atom stereocenters. The van der Waals surface area contributed by atoms with Gasteiger partial charge in [0, 0.05) is 12.2 Å². The predicted octanol–water partition coefficient (Wildman–Crippen LogP) is 1.46. The summed E-state index contributed by atoms with van der Waals surface area (Å²) in [4.78, 5) is 23.2. The molecule has 1 heterocycles. The van der Waals surface area contributed by atoms with E-state index in [1.54, 1.807) is 0 Å². The van der Waals surface area contributed by atoms with Crippen molar-refractivity contribution in [3.05, 3.63) is 33.9 Å². The van der Waals surface area contributed by atoms with Crippen LogP contribution in [0.5, 0.6) is 5.75 Å². The number of rotatable bonds is 2. The van der Waals surface area contributed by atoms with E-state index in [1.807, 2.05) is 0 Å². The fraction of sp³-hybridized carbons (Fsp3) is 0.231. The van der Waals surface area contributed by atoms with E-state index in [1.165, 1.54) is 4.57 Å². The van der Waals surface area contributed by atoms with Crippen LogP contribution in [0.3, 0.4) is 0 Å². The van der Waals surface area contributed by atoms with E-state index in [0.717, 1.165) is 25.1 Å². The van der Waals surface area contributed by atoms with Gasteiger partial charge in [0.2, 0.25) is 5.43 Å². The van der Waals surface area contributed by atoms with Crippen molar-refractivity contribution >= 4 is 22.6 Å². The Labute approximate surface area is 111 Å². The summed E-state index contributed by atoms with van der Waals surface area (Å²) in [7, 11) is 0. The van der Waals surface area contributed by atoms with Crippen LogP contribution in [0.2, 0.25) is 0 Å². The summed E-state index contributed by atoms with van der Waals surface area (Å²) < 4.78 is 15.7. The zero-order valence-electron chi connectivity index (χ0n) is 10.3. The molecule has 0 spiro atoms. The number of carbonyl (C=O) groups is 1. The number of phenols is 1. The van der Waals surface area contributed by atoms with E-state index >= 15 is 0 Å². The maximum Gasteiger partial charge on any atom is 0.341 e. The van der Waals surface area contributed by atoms with Gasteiger partial charge in [0.25, 0.3) is 0 Å². The molecule has 1 saturated carbocycles. The molecule has 4 N–H and O–H groups in total. The Kier molecular flexibility index (Phi) is 2.47. The van der Waals surface area contributed by atoms with Crippen molar-refractivity contribution in [1.29, 1.82) is 0 Å². The lowest BCUT2D eigenvalue weighted by Gasteiger charge is -2.13. The first kappa shape index (κ1) is 12.5. The highest BCUT2D eigenvalue weighted by Gasteiger charge is 2.29. The number of nitrogen functional groups attached to an aromatic ring is 1. The molecule has 104 valence electrons. The summed E-state index contributed by atoms with van der Waals surface area (Å²) in [6.07, 6.45) is 2.69. The Morgan fingerprint density at radius 2 is 2.10 bits per heavy atom. The molecule has 1 aliphatic rings. The number of pyridine rings is 1. The highest BCUT2D eigenvalue weighted by molar-refractivity contribution is 5.94. The van der Waals surface area contributed by atoms with Gasteiger partial charge in [-0.15, -0.1) is 0 Å². The van der Waals surface area contributed by atoms with Gasteiger partial charge in [0.1, 0.15) is 17.0 Å². The fourth-order valence-corrected chi connectivity index (χ4v) is 2.27. The number of nitrogens with zero attached hydrogens (tertiary/aromatic N) is 1. The van der Waals surface area contributed by atoms with E-state index < -0.39 is 34.2 Å². The van der Waals surface area contributed by atoms with Crippen LogP contribution in [0.25, 0.3) is 10.9 Å². The van der Waals surface area contributed by atoms with Crippen molar-refractivity contribution in [3.63, 3.8) is 0 Å². The Hall–Kier alpha value is -2.57. The number of hydrogen-bond acceptors (Lipinski definition) is 4. The van der Waals surface area contributed by atoms with Gasteiger partial charge in [0.15, 0.2) is 5.82 Å². The summed E-state index contributed by atoms with van der Waals surface area (Å²) >= 11 is 0. The summed E-state index contributed by atoms with van der Waals surface area (Å²) in [5.41, 5.74) is 3.64. The average Bonchev–Trinajstić information content (AvgIpc) is 3.21. The molecule has 0 amide bonds. The molecule has 0 saturated heterocycles. The minimum Gasteiger partial charge on any atom is -0.506 e. The third kappa shape index (κ3) is 1.63. The molecular weight excluding hydrogens is 267 g/mol. The number of phenolic OH excluding ortho intramolecular Hbond substituents is 1. The molecule has 6 nitrogen and oxygen atoms in total. The third-order valence-corrected chi connectivity index (χ3v) is 3.44. The van der Waals surface area contributed by atoms with Gasteiger partial charge >= 0.3 is 5.97 Å². The molecule has 0 atom stereocenters. The minimum absolute atomic E-state index is 0.0466. The monoisotopic (exact) mass is 278 g/mol. The largest absolute Gasteiger partial charge is 0.506 e. The first-order valence-electron chi connectivity index (χ1n) is 6.01. The van der Waals surface area contributed by atoms with E-state index in [9.17, 15) is 19.1 Å². The average molecular weight is 278 g/mol. The van der Waals surface area contributed by atoms with Crippen LogP contribution in [0.15, 0.2) is 17.1 Å². The first-order chi connectivity index (χ1) is 9.41. The highest BCUT2D eigenvalue weighted by Crippen LogP contribution is 2.39. The number of carboxylic acids is 1. The van der Waals surface area contributed by atoms with Gasteiger partial charge in [-0.1, -0.05) is 0 Å². The number of aromatic carboxylic acids is 1. The van der Waals surface area contributed by atoms with Crippen LogP contribution < -0.4 is 11.2 Å². The number of anilines is 1. The van der Waals surface area contributed by atoms with Crippen LogP contribution in [0.1, 0.15) is 29.2 Å². The van der Waals surface area contributed by atoms with E-state index in [4.69, 9.17) is 10.8 Å². The molecule has 7 heteroatoms. The van der Waals surface area contributed by atoms with Crippen molar-refractivity contribution in [2.45, 2.75) is 18.9 Å². The molecule has 1 fully saturated rings. The number of aromatic nitrogens is 1. The summed E-state index contributed by atoms with van der Waals surface area (Å²) in [5.74, 6) is -2.86. The second-order valence-corrected chi connectivity index (χ2v) is 4.84. The van der Waals surface area contributed by atoms with Gasteiger partial charge in [0.05, 0.1) is 10.9 Å². The molecule has 0 aliphatic heterocycles. The van der Waals surface area contributed by atoms with Crippen LogP contribution in [-0.2, 0) is 0 Å². The van der Waals surface area contributed by atoms with Crippen LogP contribution in [0.4, 0.5) is 10.1 Å². The number of hydrogen-bond donors (Lipinski definition) is 3. The topological polar surface area (TPSA) is 106 Å². The Morgan fingerprint density at radius 3 is 2.65 bits per heavy atom. The van der Waals surface area contributed by atoms with Crippen molar-refractivity contribution in [2.24, 2.45) is 0 Å². The molecule has 0 radical (unpaired) electrons. The first-order valence-corrected chi connectivity index (χ1v) is 6.01. The number of aromatic hydroxyl groups is 1. The molecule has 1 aromatic carbocycles. The van der Waals surface area contributed by atoms with Crippen molar-refractivity contribution < 1.29 is 19.4 Å². The SMILES string of the molecule is Nc1c(O)cc2c(=O)c(C(=O)O)cn(C3CC3)c2c1F. The minimum atomic E-state index is -1.39. The van der Waals surface area contributed by atoms with Gasteiger partial charge in [-0.05, 0) is 18.9 Å². The smallest absolute Gasteiger partial charge is 0.341 e. The van der Waals surface area contributed by atoms with Crippen LogP contribution in [-0.4, -0.2) is 20.7 Å². The number of carboxylic acid groups (broad SMARTS) is 1. The van der Waals surface area contributed by atoms with Crippen molar-refractivity contribution in [2.75, 3.05) is 5.73 Å². The standard InChI is InChI=1S/C13H11FN2O4/c14-9-10(15)8(17)3-6-11(9)16(5-1-2-5)4-7(12(6)18)13(19)20/h3-5,17H,1-2,15H2,(H,19,20). The lowest BCUT2D eigenvalue weighted by atomic mass is 10.1. The molecular formula is C13H11FN2O4. The fourth-order valence-electron chi connectivity index (χ4n) is 2.27. The maximum absolute atomic E-state index is 14.2. The highest BCUT2D eigenvalue weighted by atomic mass is 19.1. The normalized spacial score (nSPS) is 14.7. The van der Waals surface area contributed by atoms with Gasteiger partial charge in [-0.2, -0.15) is 0 Å². The summed E-state index contributed by atoms with van der Waals surface area (Å²) in [6.45, 7) is 0. The number of fused-ring (bicyclic) bond motifs is 1. The summed E-state index contributed by atoms with van der Waals surface area (Å²) in [6, 6.07) is 0.969. The van der Waals surface area contributed by atoms with E-state index in [-0.39, 0.29) is 16.9 Å². The number of nitrogens with two attached hydrogens (primary N) is 1. The molecule has 0 bridgehead atoms. The number of benzene rings is 1. The van der Waals surface area contributed by atoms with E-state index in [0.29, 0.717) is 0 Å². The molecule has 1 aromatic heterocycles. The predicted molar refractivity (Wildman–Crippen MR) is 69.5 cm³/mol. The van der Waals surface area contributed by atoms with Gasteiger partial charge < -0.3 is 20.5 Å². The zero-order valence-corrected chi connectivity index (χ0v) is 10.3. The Balaban J connectivity index is 2.52. The van der Waals surface area contributed by atoms with E-state index in [2.05, 4.69) is 0 Å². The molecule has 20 heavy (non-hydrogen) atoms. The second-order valence-electron chi connectivity index (χ2n) is 4.84. The van der Waals surface area contributed by atoms with Crippen LogP contribution >= 0.6 is 0 Å².